The summed E-state index contributed by atoms with van der Waals surface area (Å²) >= 11 is 12.1. The minimum absolute atomic E-state index is 0.130. The molecule has 2 aromatic heterocycles. The third-order valence-electron chi connectivity index (χ3n) is 3.79. The Kier molecular flexibility index (Phi) is 5.48. The number of carboxylic acids is 1. The van der Waals surface area contributed by atoms with Crippen molar-refractivity contribution in [3.8, 4) is 0 Å². The zero-order chi connectivity index (χ0) is 19.6. The lowest BCUT2D eigenvalue weighted by atomic mass is 10.2. The van der Waals surface area contributed by atoms with Gasteiger partial charge in [-0.1, -0.05) is 29.3 Å². The number of rotatable bonds is 6. The van der Waals surface area contributed by atoms with Gasteiger partial charge in [-0.05, 0) is 30.7 Å². The maximum atomic E-state index is 12.4. The molecular formula is C17H15Cl2N5O3. The van der Waals surface area contributed by atoms with Crippen molar-refractivity contribution in [1.82, 2.24) is 19.6 Å². The SMILES string of the molecule is Cc1cc(NC(=O)c2ccnn2CC(=O)O)nn1Cc1ccc(Cl)cc1Cl. The summed E-state index contributed by atoms with van der Waals surface area (Å²) in [6, 6.07) is 8.36. The summed E-state index contributed by atoms with van der Waals surface area (Å²) in [5, 5.41) is 20.8. The number of carbonyl (C=O) groups excluding carboxylic acids is 1. The van der Waals surface area contributed by atoms with Crippen LogP contribution in [0.5, 0.6) is 0 Å². The zero-order valence-electron chi connectivity index (χ0n) is 14.2. The second-order valence-electron chi connectivity index (χ2n) is 5.79. The van der Waals surface area contributed by atoms with Gasteiger partial charge in [-0.2, -0.15) is 10.2 Å². The van der Waals surface area contributed by atoms with Crippen molar-refractivity contribution in [2.45, 2.75) is 20.0 Å². The first-order valence-corrected chi connectivity index (χ1v) is 8.62. The summed E-state index contributed by atoms with van der Waals surface area (Å²) in [4.78, 5) is 23.2. The summed E-state index contributed by atoms with van der Waals surface area (Å²) in [6.07, 6.45) is 1.37. The number of nitrogens with one attached hydrogen (secondary N) is 1. The molecule has 0 radical (unpaired) electrons. The molecule has 0 saturated heterocycles. The van der Waals surface area contributed by atoms with Gasteiger partial charge in [-0.25, -0.2) is 4.68 Å². The monoisotopic (exact) mass is 407 g/mol. The van der Waals surface area contributed by atoms with E-state index in [1.165, 1.54) is 12.3 Å². The van der Waals surface area contributed by atoms with E-state index in [0.29, 0.717) is 22.4 Å². The number of hydrogen-bond acceptors (Lipinski definition) is 4. The molecule has 0 aliphatic carbocycles. The summed E-state index contributed by atoms with van der Waals surface area (Å²) in [5.41, 5.74) is 1.78. The van der Waals surface area contributed by atoms with Crippen LogP contribution in [0.3, 0.4) is 0 Å². The van der Waals surface area contributed by atoms with Crippen LogP contribution in [0.2, 0.25) is 10.0 Å². The van der Waals surface area contributed by atoms with Gasteiger partial charge in [0.2, 0.25) is 0 Å². The first kappa shape index (κ1) is 18.9. The minimum atomic E-state index is -1.09. The molecule has 0 aliphatic rings. The van der Waals surface area contributed by atoms with Crippen LogP contribution in [0.4, 0.5) is 5.82 Å². The first-order valence-electron chi connectivity index (χ1n) is 7.87. The minimum Gasteiger partial charge on any atom is -0.480 e. The summed E-state index contributed by atoms with van der Waals surface area (Å²) < 4.78 is 2.80. The zero-order valence-corrected chi connectivity index (χ0v) is 15.7. The summed E-state index contributed by atoms with van der Waals surface area (Å²) in [5.74, 6) is -1.25. The highest BCUT2D eigenvalue weighted by atomic mass is 35.5. The van der Waals surface area contributed by atoms with Crippen LogP contribution in [-0.4, -0.2) is 36.5 Å². The number of aromatic nitrogens is 4. The van der Waals surface area contributed by atoms with Gasteiger partial charge in [0, 0.05) is 28.0 Å². The average Bonchev–Trinajstić information content (AvgIpc) is 3.16. The van der Waals surface area contributed by atoms with E-state index < -0.39 is 18.4 Å². The van der Waals surface area contributed by atoms with E-state index in [9.17, 15) is 9.59 Å². The van der Waals surface area contributed by atoms with Crippen LogP contribution in [-0.2, 0) is 17.9 Å². The average molecular weight is 408 g/mol. The molecule has 0 saturated carbocycles. The van der Waals surface area contributed by atoms with Crippen LogP contribution in [0.25, 0.3) is 0 Å². The highest BCUT2D eigenvalue weighted by Gasteiger charge is 2.16. The fraction of sp³-hybridized carbons (Fsp3) is 0.176. The van der Waals surface area contributed by atoms with Gasteiger partial charge in [-0.15, -0.1) is 0 Å². The molecule has 1 aromatic carbocycles. The third-order valence-corrected chi connectivity index (χ3v) is 4.38. The van der Waals surface area contributed by atoms with Gasteiger partial charge in [0.25, 0.3) is 5.91 Å². The number of aliphatic carboxylic acids is 1. The van der Waals surface area contributed by atoms with Gasteiger partial charge in [-0.3, -0.25) is 14.3 Å². The van der Waals surface area contributed by atoms with Crippen molar-refractivity contribution in [2.75, 3.05) is 5.32 Å². The lowest BCUT2D eigenvalue weighted by molar-refractivity contribution is -0.137. The van der Waals surface area contributed by atoms with Crippen LogP contribution >= 0.6 is 23.2 Å². The molecule has 0 fully saturated rings. The smallest absolute Gasteiger partial charge is 0.325 e. The topological polar surface area (TPSA) is 102 Å². The molecule has 10 heteroatoms. The molecule has 140 valence electrons. The van der Waals surface area contributed by atoms with Gasteiger partial charge in [0.15, 0.2) is 5.82 Å². The molecular weight excluding hydrogens is 393 g/mol. The number of aryl methyl sites for hydroxylation is 1. The molecule has 2 heterocycles. The van der Waals surface area contributed by atoms with Crippen LogP contribution in [0, 0.1) is 6.92 Å². The quantitative estimate of drug-likeness (QED) is 0.653. The summed E-state index contributed by atoms with van der Waals surface area (Å²) in [6.45, 7) is 1.86. The van der Waals surface area contributed by atoms with Crippen LogP contribution in [0.1, 0.15) is 21.7 Å². The van der Waals surface area contributed by atoms with Gasteiger partial charge < -0.3 is 10.4 Å². The molecule has 0 unspecified atom stereocenters. The number of halogens is 2. The van der Waals surface area contributed by atoms with E-state index in [2.05, 4.69) is 15.5 Å². The fourth-order valence-corrected chi connectivity index (χ4v) is 2.97. The maximum Gasteiger partial charge on any atom is 0.325 e. The molecule has 1 amide bonds. The van der Waals surface area contributed by atoms with Crippen molar-refractivity contribution >= 4 is 40.9 Å². The Balaban J connectivity index is 1.76. The number of carboxylic acid groups (broad SMARTS) is 1. The maximum absolute atomic E-state index is 12.4. The van der Waals surface area contributed by atoms with E-state index in [-0.39, 0.29) is 5.69 Å². The van der Waals surface area contributed by atoms with Crippen molar-refractivity contribution in [1.29, 1.82) is 0 Å². The van der Waals surface area contributed by atoms with E-state index in [1.54, 1.807) is 22.9 Å². The van der Waals surface area contributed by atoms with Crippen molar-refractivity contribution in [3.05, 3.63) is 63.5 Å². The number of hydrogen-bond donors (Lipinski definition) is 2. The molecule has 0 aliphatic heterocycles. The molecule has 3 rings (SSSR count). The van der Waals surface area contributed by atoms with Gasteiger partial charge in [0.1, 0.15) is 12.2 Å². The highest BCUT2D eigenvalue weighted by molar-refractivity contribution is 6.35. The third kappa shape index (κ3) is 4.47. The molecule has 0 atom stereocenters. The normalized spacial score (nSPS) is 10.8. The Morgan fingerprint density at radius 3 is 2.67 bits per heavy atom. The van der Waals surface area contributed by atoms with E-state index in [0.717, 1.165) is 15.9 Å². The second-order valence-corrected chi connectivity index (χ2v) is 6.63. The Bertz CT molecular complexity index is 1010. The highest BCUT2D eigenvalue weighted by Crippen LogP contribution is 2.22. The Hall–Kier alpha value is -2.84. The predicted molar refractivity (Wildman–Crippen MR) is 100 cm³/mol. The van der Waals surface area contributed by atoms with Gasteiger partial charge >= 0.3 is 5.97 Å². The molecule has 3 aromatic rings. The van der Waals surface area contributed by atoms with Crippen molar-refractivity contribution in [3.63, 3.8) is 0 Å². The van der Waals surface area contributed by atoms with Crippen molar-refractivity contribution in [2.24, 2.45) is 0 Å². The van der Waals surface area contributed by atoms with E-state index in [1.807, 2.05) is 13.0 Å². The predicted octanol–water partition coefficient (Wildman–Crippen LogP) is 3.08. The lowest BCUT2D eigenvalue weighted by Crippen LogP contribution is -2.21. The molecule has 0 spiro atoms. The first-order chi connectivity index (χ1) is 12.8. The Morgan fingerprint density at radius 2 is 1.96 bits per heavy atom. The Labute approximate surface area is 164 Å². The summed E-state index contributed by atoms with van der Waals surface area (Å²) in [7, 11) is 0. The second kappa shape index (κ2) is 7.81. The van der Waals surface area contributed by atoms with Crippen LogP contribution in [0.15, 0.2) is 36.5 Å². The largest absolute Gasteiger partial charge is 0.480 e. The molecule has 2 N–H and O–H groups in total. The number of carbonyl (C=O) groups is 2. The number of amides is 1. The number of benzene rings is 1. The molecule has 27 heavy (non-hydrogen) atoms. The number of nitrogens with zero attached hydrogens (tertiary/aromatic N) is 4. The van der Waals surface area contributed by atoms with E-state index in [4.69, 9.17) is 28.3 Å². The Morgan fingerprint density at radius 1 is 1.19 bits per heavy atom. The standard InChI is InChI=1S/C17H15Cl2N5O3/c1-10-6-15(21-17(27)14-4-5-20-24(14)9-16(25)26)22-23(10)8-11-2-3-12(18)7-13(11)19/h2-7H,8-9H2,1H3,(H,25,26)(H,21,22,27). The van der Waals surface area contributed by atoms with Crippen molar-refractivity contribution < 1.29 is 14.7 Å². The number of anilines is 1. The fourth-order valence-electron chi connectivity index (χ4n) is 2.50. The van der Waals surface area contributed by atoms with Gasteiger partial charge in [0.05, 0.1) is 6.54 Å². The molecule has 8 nitrogen and oxygen atoms in total. The van der Waals surface area contributed by atoms with E-state index >= 15 is 0 Å². The lowest BCUT2D eigenvalue weighted by Gasteiger charge is -2.07. The van der Waals surface area contributed by atoms with Crippen LogP contribution < -0.4 is 5.32 Å². The molecule has 0 bridgehead atoms.